The number of ether oxygens (including phenoxy) is 1. The molecule has 1 atom stereocenters. The van der Waals surface area contributed by atoms with E-state index in [9.17, 15) is 9.59 Å². The van der Waals surface area contributed by atoms with E-state index in [1.54, 1.807) is 36.1 Å². The summed E-state index contributed by atoms with van der Waals surface area (Å²) in [5.74, 6) is 0.604. The smallest absolute Gasteiger partial charge is 0.263 e. The van der Waals surface area contributed by atoms with Gasteiger partial charge in [0.15, 0.2) is 6.10 Å². The van der Waals surface area contributed by atoms with Crippen molar-refractivity contribution >= 4 is 23.4 Å². The number of halogens is 1. The SMILES string of the molecule is CC(Oc1ccc(Cl)cc1)C(=O)N1CCC(NC(=O)Cc2ccccc2)CC1. The van der Waals surface area contributed by atoms with Crippen LogP contribution in [0.4, 0.5) is 0 Å². The lowest BCUT2D eigenvalue weighted by atomic mass is 10.0. The molecule has 28 heavy (non-hydrogen) atoms. The van der Waals surface area contributed by atoms with Gasteiger partial charge in [0.2, 0.25) is 5.91 Å². The molecule has 0 aromatic heterocycles. The minimum absolute atomic E-state index is 0.0235. The van der Waals surface area contributed by atoms with E-state index in [4.69, 9.17) is 16.3 Å². The van der Waals surface area contributed by atoms with Crippen molar-refractivity contribution in [1.82, 2.24) is 10.2 Å². The van der Waals surface area contributed by atoms with Gasteiger partial charge < -0.3 is 15.0 Å². The molecule has 0 radical (unpaired) electrons. The van der Waals surface area contributed by atoms with E-state index in [1.807, 2.05) is 30.3 Å². The molecule has 0 saturated carbocycles. The predicted octanol–water partition coefficient (Wildman–Crippen LogP) is 3.46. The minimum Gasteiger partial charge on any atom is -0.481 e. The lowest BCUT2D eigenvalue weighted by Gasteiger charge is -2.33. The van der Waals surface area contributed by atoms with Crippen molar-refractivity contribution in [2.24, 2.45) is 0 Å². The van der Waals surface area contributed by atoms with E-state index < -0.39 is 6.10 Å². The van der Waals surface area contributed by atoms with E-state index in [-0.39, 0.29) is 17.9 Å². The van der Waals surface area contributed by atoms with Crippen molar-refractivity contribution in [1.29, 1.82) is 0 Å². The van der Waals surface area contributed by atoms with Gasteiger partial charge in [-0.05, 0) is 49.6 Å². The van der Waals surface area contributed by atoms with Crippen molar-refractivity contribution in [3.8, 4) is 5.75 Å². The zero-order chi connectivity index (χ0) is 19.9. The van der Waals surface area contributed by atoms with Crippen LogP contribution in [-0.4, -0.2) is 41.9 Å². The quantitative estimate of drug-likeness (QED) is 0.807. The molecule has 1 N–H and O–H groups in total. The molecule has 1 saturated heterocycles. The summed E-state index contributed by atoms with van der Waals surface area (Å²) in [5.41, 5.74) is 1.00. The third kappa shape index (κ3) is 5.73. The standard InChI is InChI=1S/C22H25ClN2O3/c1-16(28-20-9-7-18(23)8-10-20)22(27)25-13-11-19(12-14-25)24-21(26)15-17-5-3-2-4-6-17/h2-10,16,19H,11-15H2,1H3,(H,24,26). The second-order valence-electron chi connectivity index (χ2n) is 7.04. The largest absolute Gasteiger partial charge is 0.481 e. The molecule has 1 heterocycles. The van der Waals surface area contributed by atoms with E-state index in [1.165, 1.54) is 0 Å². The number of carbonyl (C=O) groups excluding carboxylic acids is 2. The molecule has 0 bridgehead atoms. The molecule has 1 aliphatic rings. The van der Waals surface area contributed by atoms with Crippen molar-refractivity contribution in [2.45, 2.75) is 38.3 Å². The Morgan fingerprint density at radius 1 is 1.11 bits per heavy atom. The monoisotopic (exact) mass is 400 g/mol. The van der Waals surface area contributed by atoms with E-state index in [0.29, 0.717) is 30.3 Å². The van der Waals surface area contributed by atoms with Crippen LogP contribution < -0.4 is 10.1 Å². The van der Waals surface area contributed by atoms with Gasteiger partial charge in [-0.25, -0.2) is 0 Å². The first-order valence-electron chi connectivity index (χ1n) is 9.55. The van der Waals surface area contributed by atoms with Gasteiger partial charge in [0.05, 0.1) is 6.42 Å². The fraction of sp³-hybridized carbons (Fsp3) is 0.364. The second-order valence-corrected chi connectivity index (χ2v) is 7.48. The Labute approximate surface area is 170 Å². The van der Waals surface area contributed by atoms with Crippen molar-refractivity contribution in [3.63, 3.8) is 0 Å². The summed E-state index contributed by atoms with van der Waals surface area (Å²) in [5, 5.41) is 3.71. The fourth-order valence-corrected chi connectivity index (χ4v) is 3.45. The highest BCUT2D eigenvalue weighted by Crippen LogP contribution is 2.18. The topological polar surface area (TPSA) is 58.6 Å². The molecule has 3 rings (SSSR count). The molecule has 148 valence electrons. The summed E-state index contributed by atoms with van der Waals surface area (Å²) in [4.78, 5) is 26.6. The van der Waals surface area contributed by atoms with Crippen LogP contribution in [0.5, 0.6) is 5.75 Å². The van der Waals surface area contributed by atoms with Gasteiger partial charge in [-0.3, -0.25) is 9.59 Å². The van der Waals surface area contributed by atoms with Gasteiger partial charge in [-0.1, -0.05) is 41.9 Å². The maximum absolute atomic E-state index is 12.6. The third-order valence-corrected chi connectivity index (χ3v) is 5.11. The number of likely N-dealkylation sites (tertiary alicyclic amines) is 1. The van der Waals surface area contributed by atoms with Crippen LogP contribution in [0.15, 0.2) is 54.6 Å². The van der Waals surface area contributed by atoms with Gasteiger partial charge in [0.1, 0.15) is 5.75 Å². The Morgan fingerprint density at radius 3 is 2.39 bits per heavy atom. The molecule has 2 amide bonds. The zero-order valence-electron chi connectivity index (χ0n) is 15.9. The van der Waals surface area contributed by atoms with Crippen LogP contribution in [-0.2, 0) is 16.0 Å². The Balaban J connectivity index is 1.43. The first-order chi connectivity index (χ1) is 13.5. The van der Waals surface area contributed by atoms with Gasteiger partial charge in [-0.2, -0.15) is 0 Å². The van der Waals surface area contributed by atoms with Gasteiger partial charge >= 0.3 is 0 Å². The lowest BCUT2D eigenvalue weighted by Crippen LogP contribution is -2.49. The number of nitrogens with zero attached hydrogens (tertiary/aromatic N) is 1. The highest BCUT2D eigenvalue weighted by molar-refractivity contribution is 6.30. The predicted molar refractivity (Wildman–Crippen MR) is 109 cm³/mol. The maximum Gasteiger partial charge on any atom is 0.263 e. The van der Waals surface area contributed by atoms with Gasteiger partial charge in [0.25, 0.3) is 5.91 Å². The summed E-state index contributed by atoms with van der Waals surface area (Å²) in [6.07, 6.45) is 1.32. The van der Waals surface area contributed by atoms with E-state index >= 15 is 0 Å². The molecule has 1 fully saturated rings. The number of benzene rings is 2. The zero-order valence-corrected chi connectivity index (χ0v) is 16.7. The number of carbonyl (C=O) groups is 2. The Kier molecular flexibility index (Phi) is 6.93. The Morgan fingerprint density at radius 2 is 1.75 bits per heavy atom. The van der Waals surface area contributed by atoms with Crippen LogP contribution >= 0.6 is 11.6 Å². The highest BCUT2D eigenvalue weighted by Gasteiger charge is 2.27. The van der Waals surface area contributed by atoms with Crippen LogP contribution in [0.25, 0.3) is 0 Å². The summed E-state index contributed by atoms with van der Waals surface area (Å²) in [6.45, 7) is 2.98. The lowest BCUT2D eigenvalue weighted by molar-refractivity contribution is -0.139. The highest BCUT2D eigenvalue weighted by atomic mass is 35.5. The van der Waals surface area contributed by atoms with Gasteiger partial charge in [-0.15, -0.1) is 0 Å². The molecule has 1 aliphatic heterocycles. The average Bonchev–Trinajstić information content (AvgIpc) is 2.70. The molecule has 1 unspecified atom stereocenters. The molecule has 0 spiro atoms. The van der Waals surface area contributed by atoms with Crippen LogP contribution in [0.3, 0.4) is 0 Å². The number of nitrogens with one attached hydrogen (secondary N) is 1. The van der Waals surface area contributed by atoms with Crippen molar-refractivity contribution in [2.75, 3.05) is 13.1 Å². The average molecular weight is 401 g/mol. The Bertz CT molecular complexity index is 787. The summed E-state index contributed by atoms with van der Waals surface area (Å²) in [7, 11) is 0. The van der Waals surface area contributed by atoms with Crippen molar-refractivity contribution in [3.05, 3.63) is 65.2 Å². The summed E-state index contributed by atoms with van der Waals surface area (Å²) in [6, 6.07) is 16.8. The Hall–Kier alpha value is -2.53. The summed E-state index contributed by atoms with van der Waals surface area (Å²) >= 11 is 5.87. The van der Waals surface area contributed by atoms with E-state index in [2.05, 4.69) is 5.32 Å². The fourth-order valence-electron chi connectivity index (χ4n) is 3.33. The van der Waals surface area contributed by atoms with Gasteiger partial charge in [0, 0.05) is 24.2 Å². The van der Waals surface area contributed by atoms with Crippen LogP contribution in [0, 0.1) is 0 Å². The number of hydrogen-bond acceptors (Lipinski definition) is 3. The van der Waals surface area contributed by atoms with Crippen molar-refractivity contribution < 1.29 is 14.3 Å². The second kappa shape index (κ2) is 9.60. The number of rotatable bonds is 6. The molecular weight excluding hydrogens is 376 g/mol. The third-order valence-electron chi connectivity index (χ3n) is 4.85. The van der Waals surface area contributed by atoms with Crippen LogP contribution in [0.2, 0.25) is 5.02 Å². The number of piperidine rings is 1. The normalized spacial score (nSPS) is 15.7. The molecule has 6 heteroatoms. The molecule has 0 aliphatic carbocycles. The first kappa shape index (κ1) is 20.2. The summed E-state index contributed by atoms with van der Waals surface area (Å²) < 4.78 is 5.72. The number of hydrogen-bond donors (Lipinski definition) is 1. The molecular formula is C22H25ClN2O3. The maximum atomic E-state index is 12.6. The number of amides is 2. The molecule has 2 aromatic carbocycles. The minimum atomic E-state index is -0.564. The molecule has 5 nitrogen and oxygen atoms in total. The van der Waals surface area contributed by atoms with Crippen LogP contribution in [0.1, 0.15) is 25.3 Å². The van der Waals surface area contributed by atoms with E-state index in [0.717, 1.165) is 18.4 Å². The first-order valence-corrected chi connectivity index (χ1v) is 9.93. The molecule has 2 aromatic rings.